The van der Waals surface area contributed by atoms with E-state index in [1.807, 2.05) is 19.1 Å². The van der Waals surface area contributed by atoms with Crippen LogP contribution in [0.25, 0.3) is 0 Å². The van der Waals surface area contributed by atoms with Crippen LogP contribution in [0.4, 0.5) is 8.78 Å². The largest absolute Gasteiger partial charge is 0.207 e. The summed E-state index contributed by atoms with van der Waals surface area (Å²) in [4.78, 5) is -0.351. The number of rotatable bonds is 2. The molecule has 2 aromatic carbocycles. The molecule has 0 aliphatic carbocycles. The maximum absolute atomic E-state index is 13.7. The highest BCUT2D eigenvalue weighted by Gasteiger charge is 2.16. The number of hydrogen-bond donors (Lipinski definition) is 0. The van der Waals surface area contributed by atoms with Crippen molar-refractivity contribution < 1.29 is 8.78 Å². The van der Waals surface area contributed by atoms with Gasteiger partial charge in [0.1, 0.15) is 11.6 Å². The van der Waals surface area contributed by atoms with Crippen LogP contribution in [0, 0.1) is 18.6 Å². The molecule has 0 saturated carbocycles. The van der Waals surface area contributed by atoms with Gasteiger partial charge in [0.25, 0.3) is 0 Å². The van der Waals surface area contributed by atoms with Crippen LogP contribution in [0.3, 0.4) is 0 Å². The summed E-state index contributed by atoms with van der Waals surface area (Å²) in [6.07, 6.45) is 0. The minimum Gasteiger partial charge on any atom is -0.207 e. The fourth-order valence-corrected chi connectivity index (χ4v) is 2.50. The predicted octanol–water partition coefficient (Wildman–Crippen LogP) is 5.41. The number of aryl methyl sites for hydroxylation is 1. The maximum atomic E-state index is 13.7. The normalized spacial score (nSPS) is 12.5. The number of benzene rings is 2. The molecular formula is C14H10BrClF2. The summed E-state index contributed by atoms with van der Waals surface area (Å²) in [7, 11) is 0. The Balaban J connectivity index is 2.41. The van der Waals surface area contributed by atoms with Gasteiger partial charge in [-0.05, 0) is 30.2 Å². The van der Waals surface area contributed by atoms with Crippen LogP contribution < -0.4 is 0 Å². The van der Waals surface area contributed by atoms with E-state index in [0.29, 0.717) is 10.6 Å². The van der Waals surface area contributed by atoms with E-state index in [2.05, 4.69) is 15.9 Å². The van der Waals surface area contributed by atoms with Crippen molar-refractivity contribution in [2.24, 2.45) is 0 Å². The van der Waals surface area contributed by atoms with Gasteiger partial charge in [0, 0.05) is 16.7 Å². The first kappa shape index (κ1) is 13.5. The lowest BCUT2D eigenvalue weighted by Crippen LogP contribution is -1.97. The van der Waals surface area contributed by atoms with Gasteiger partial charge in [-0.2, -0.15) is 0 Å². The van der Waals surface area contributed by atoms with Crippen molar-refractivity contribution in [1.82, 2.24) is 0 Å². The molecule has 1 unspecified atom stereocenters. The van der Waals surface area contributed by atoms with Gasteiger partial charge in [-0.3, -0.25) is 0 Å². The second-order valence-electron chi connectivity index (χ2n) is 4.04. The van der Waals surface area contributed by atoms with Gasteiger partial charge in [0.2, 0.25) is 0 Å². The van der Waals surface area contributed by atoms with E-state index in [1.165, 1.54) is 12.1 Å². The van der Waals surface area contributed by atoms with E-state index in [4.69, 9.17) is 11.6 Å². The highest BCUT2D eigenvalue weighted by atomic mass is 79.9. The molecule has 0 spiro atoms. The smallest absolute Gasteiger partial charge is 0.130 e. The van der Waals surface area contributed by atoms with Crippen molar-refractivity contribution >= 4 is 27.5 Å². The molecule has 0 heterocycles. The molecule has 2 rings (SSSR count). The van der Waals surface area contributed by atoms with Gasteiger partial charge in [-0.1, -0.05) is 45.7 Å². The van der Waals surface area contributed by atoms with Crippen molar-refractivity contribution in [1.29, 1.82) is 0 Å². The Bertz CT molecular complexity index is 584. The van der Waals surface area contributed by atoms with Crippen LogP contribution in [0.1, 0.15) is 21.5 Å². The zero-order chi connectivity index (χ0) is 13.3. The Labute approximate surface area is 118 Å². The Morgan fingerprint density at radius 1 is 1.11 bits per heavy atom. The molecule has 0 amide bonds. The van der Waals surface area contributed by atoms with Crippen LogP contribution in [0.2, 0.25) is 5.02 Å². The van der Waals surface area contributed by atoms with Crippen LogP contribution in [-0.2, 0) is 0 Å². The lowest BCUT2D eigenvalue weighted by Gasteiger charge is -2.13. The summed E-state index contributed by atoms with van der Waals surface area (Å²) >= 11 is 9.44. The third kappa shape index (κ3) is 2.73. The van der Waals surface area contributed by atoms with Crippen LogP contribution in [0.15, 0.2) is 36.4 Å². The molecular weight excluding hydrogens is 322 g/mol. The quantitative estimate of drug-likeness (QED) is 0.645. The molecule has 94 valence electrons. The SMILES string of the molecule is Cc1ccc(C(Br)c2ccc(F)cc2F)cc1Cl. The topological polar surface area (TPSA) is 0 Å². The van der Waals surface area contributed by atoms with E-state index >= 15 is 0 Å². The molecule has 18 heavy (non-hydrogen) atoms. The number of alkyl halides is 1. The Morgan fingerprint density at radius 3 is 2.44 bits per heavy atom. The first-order valence-electron chi connectivity index (χ1n) is 5.34. The molecule has 0 saturated heterocycles. The molecule has 0 aromatic heterocycles. The first-order valence-corrected chi connectivity index (χ1v) is 6.63. The lowest BCUT2D eigenvalue weighted by atomic mass is 10.0. The average Bonchev–Trinajstić information content (AvgIpc) is 2.32. The summed E-state index contributed by atoms with van der Waals surface area (Å²) in [5, 5.41) is 0.625. The Hall–Kier alpha value is -0.930. The predicted molar refractivity (Wildman–Crippen MR) is 73.3 cm³/mol. The molecule has 4 heteroatoms. The molecule has 0 aliphatic rings. The van der Waals surface area contributed by atoms with Gasteiger partial charge in [0.15, 0.2) is 0 Å². The molecule has 0 N–H and O–H groups in total. The van der Waals surface area contributed by atoms with Crippen molar-refractivity contribution in [3.63, 3.8) is 0 Å². The maximum Gasteiger partial charge on any atom is 0.130 e. The summed E-state index contributed by atoms with van der Waals surface area (Å²) in [6.45, 7) is 1.90. The third-order valence-corrected chi connectivity index (χ3v) is 4.15. The van der Waals surface area contributed by atoms with Crippen LogP contribution in [-0.4, -0.2) is 0 Å². The summed E-state index contributed by atoms with van der Waals surface area (Å²) in [5.41, 5.74) is 2.17. The van der Waals surface area contributed by atoms with Crippen molar-refractivity contribution in [2.45, 2.75) is 11.8 Å². The highest BCUT2D eigenvalue weighted by molar-refractivity contribution is 9.09. The Morgan fingerprint density at radius 2 is 1.83 bits per heavy atom. The lowest BCUT2D eigenvalue weighted by molar-refractivity contribution is 0.574. The summed E-state index contributed by atoms with van der Waals surface area (Å²) in [6, 6.07) is 9.05. The van der Waals surface area contributed by atoms with Crippen LogP contribution >= 0.6 is 27.5 Å². The van der Waals surface area contributed by atoms with Gasteiger partial charge < -0.3 is 0 Å². The molecule has 0 fully saturated rings. The second-order valence-corrected chi connectivity index (χ2v) is 5.36. The van der Waals surface area contributed by atoms with Crippen molar-refractivity contribution in [3.8, 4) is 0 Å². The standard InChI is InChI=1S/C14H10BrClF2/c1-8-2-3-9(6-12(8)16)14(15)11-5-4-10(17)7-13(11)18/h2-7,14H,1H3. The molecule has 2 aromatic rings. The van der Waals surface area contributed by atoms with Crippen molar-refractivity contribution in [2.75, 3.05) is 0 Å². The molecule has 0 nitrogen and oxygen atoms in total. The first-order chi connectivity index (χ1) is 8.49. The molecule has 0 radical (unpaired) electrons. The highest BCUT2D eigenvalue weighted by Crippen LogP contribution is 2.34. The van der Waals surface area contributed by atoms with Gasteiger partial charge in [-0.15, -0.1) is 0 Å². The van der Waals surface area contributed by atoms with E-state index in [1.54, 1.807) is 6.07 Å². The Kier molecular flexibility index (Phi) is 4.03. The zero-order valence-corrected chi connectivity index (χ0v) is 11.9. The van der Waals surface area contributed by atoms with E-state index in [-0.39, 0.29) is 4.83 Å². The second kappa shape index (κ2) is 5.37. The number of hydrogen-bond acceptors (Lipinski definition) is 0. The van der Waals surface area contributed by atoms with Gasteiger partial charge >= 0.3 is 0 Å². The monoisotopic (exact) mass is 330 g/mol. The van der Waals surface area contributed by atoms with E-state index in [0.717, 1.165) is 17.2 Å². The third-order valence-electron chi connectivity index (χ3n) is 2.72. The van der Waals surface area contributed by atoms with Gasteiger partial charge in [0.05, 0.1) is 4.83 Å². The minimum absolute atomic E-state index is 0.351. The van der Waals surface area contributed by atoms with E-state index in [9.17, 15) is 8.78 Å². The zero-order valence-electron chi connectivity index (χ0n) is 9.55. The number of halogens is 4. The summed E-state index contributed by atoms with van der Waals surface area (Å²) < 4.78 is 26.5. The summed E-state index contributed by atoms with van der Waals surface area (Å²) in [5.74, 6) is -1.16. The molecule has 1 atom stereocenters. The molecule has 0 aliphatic heterocycles. The van der Waals surface area contributed by atoms with Crippen molar-refractivity contribution in [3.05, 3.63) is 69.7 Å². The van der Waals surface area contributed by atoms with Gasteiger partial charge in [-0.25, -0.2) is 8.78 Å². The van der Waals surface area contributed by atoms with Crippen LogP contribution in [0.5, 0.6) is 0 Å². The fourth-order valence-electron chi connectivity index (χ4n) is 1.65. The molecule has 0 bridgehead atoms. The fraction of sp³-hybridized carbons (Fsp3) is 0.143. The average molecular weight is 332 g/mol. The minimum atomic E-state index is -0.585. The van der Waals surface area contributed by atoms with E-state index < -0.39 is 11.6 Å².